The number of carbonyl (C=O) groups excluding carboxylic acids is 1. The molecule has 28 heavy (non-hydrogen) atoms. The summed E-state index contributed by atoms with van der Waals surface area (Å²) in [6.45, 7) is 0. The van der Waals surface area contributed by atoms with Crippen LogP contribution in [0.5, 0.6) is 0 Å². The van der Waals surface area contributed by atoms with Gasteiger partial charge in [0.25, 0.3) is 11.5 Å². The summed E-state index contributed by atoms with van der Waals surface area (Å²) in [6, 6.07) is 15.7. The highest BCUT2D eigenvalue weighted by molar-refractivity contribution is 7.08. The van der Waals surface area contributed by atoms with E-state index in [1.165, 1.54) is 6.07 Å². The van der Waals surface area contributed by atoms with Crippen LogP contribution >= 0.6 is 23.1 Å². The van der Waals surface area contributed by atoms with Crippen molar-refractivity contribution < 1.29 is 14.7 Å². The topological polar surface area (TPSA) is 99.3 Å². The number of aromatic amines is 1. The molecule has 2 aromatic carbocycles. The summed E-state index contributed by atoms with van der Waals surface area (Å²) in [4.78, 5) is 34.8. The Morgan fingerprint density at radius 3 is 2.46 bits per heavy atom. The molecule has 0 saturated heterocycles. The Morgan fingerprint density at radius 1 is 1.11 bits per heavy atom. The van der Waals surface area contributed by atoms with Gasteiger partial charge in [0.2, 0.25) is 0 Å². The number of nitrogens with one attached hydrogen (secondary N) is 2. The predicted octanol–water partition coefficient (Wildman–Crippen LogP) is 3.57. The van der Waals surface area contributed by atoms with E-state index in [1.807, 2.05) is 42.5 Å². The maximum atomic E-state index is 12.2. The predicted molar refractivity (Wildman–Crippen MR) is 109 cm³/mol. The zero-order chi connectivity index (χ0) is 20.1. The number of benzene rings is 2. The third kappa shape index (κ3) is 5.31. The van der Waals surface area contributed by atoms with E-state index in [0.29, 0.717) is 11.4 Å². The van der Waals surface area contributed by atoms with E-state index >= 15 is 0 Å². The van der Waals surface area contributed by atoms with Crippen molar-refractivity contribution in [3.63, 3.8) is 0 Å². The van der Waals surface area contributed by atoms with Crippen LogP contribution in [0.2, 0.25) is 5.02 Å². The Balaban J connectivity index is 1.72. The fourth-order valence-electron chi connectivity index (χ4n) is 2.82. The monoisotopic (exact) mass is 416 g/mol. The van der Waals surface area contributed by atoms with Crippen LogP contribution in [0.4, 0.5) is 0 Å². The van der Waals surface area contributed by atoms with E-state index in [2.05, 4.69) is 9.69 Å². The number of amides is 1. The first kappa shape index (κ1) is 19.9. The number of aromatic nitrogens is 1. The van der Waals surface area contributed by atoms with Crippen molar-refractivity contribution in [3.05, 3.63) is 80.4 Å². The molecule has 1 amide bonds. The molecule has 0 radical (unpaired) electrons. The summed E-state index contributed by atoms with van der Waals surface area (Å²) >= 11 is 6.94. The van der Waals surface area contributed by atoms with Gasteiger partial charge in [0.05, 0.1) is 6.42 Å². The molecule has 3 rings (SSSR count). The molecule has 0 fully saturated rings. The van der Waals surface area contributed by atoms with E-state index in [4.69, 9.17) is 16.7 Å². The van der Waals surface area contributed by atoms with Crippen molar-refractivity contribution in [2.45, 2.75) is 18.9 Å². The summed E-state index contributed by atoms with van der Waals surface area (Å²) in [5.41, 5.74) is 2.50. The Kier molecular flexibility index (Phi) is 6.28. The molecule has 1 atom stereocenters. The number of aliphatic carboxylic acids is 1. The smallest absolute Gasteiger partial charge is 0.305 e. The van der Waals surface area contributed by atoms with E-state index in [9.17, 15) is 14.4 Å². The van der Waals surface area contributed by atoms with Gasteiger partial charge in [0.15, 0.2) is 0 Å². The summed E-state index contributed by atoms with van der Waals surface area (Å²) in [5.74, 6) is -1.48. The molecule has 0 spiro atoms. The highest BCUT2D eigenvalue weighted by Crippen LogP contribution is 2.23. The lowest BCUT2D eigenvalue weighted by Crippen LogP contribution is -2.37. The van der Waals surface area contributed by atoms with E-state index in [0.717, 1.165) is 28.2 Å². The zero-order valence-electron chi connectivity index (χ0n) is 14.6. The normalized spacial score (nSPS) is 11.8. The van der Waals surface area contributed by atoms with Gasteiger partial charge in [-0.2, -0.15) is 0 Å². The SMILES string of the molecule is O=C(O)CC(Cc1ccc(-c2cccc(Cl)c2)cc1)NC(=O)c1cc(=O)[nH]s1. The fraction of sp³-hybridized carbons (Fsp3) is 0.150. The minimum atomic E-state index is -1.01. The van der Waals surface area contributed by atoms with Crippen molar-refractivity contribution in [3.8, 4) is 11.1 Å². The van der Waals surface area contributed by atoms with Gasteiger partial charge in [0.1, 0.15) is 4.88 Å². The maximum absolute atomic E-state index is 12.2. The molecule has 1 aromatic heterocycles. The van der Waals surface area contributed by atoms with E-state index in [-0.39, 0.29) is 16.9 Å². The van der Waals surface area contributed by atoms with Crippen LogP contribution in [-0.2, 0) is 11.2 Å². The number of halogens is 1. The summed E-state index contributed by atoms with van der Waals surface area (Å²) < 4.78 is 2.44. The average Bonchev–Trinajstić information content (AvgIpc) is 3.08. The molecule has 3 aromatic rings. The van der Waals surface area contributed by atoms with Crippen molar-refractivity contribution in [1.29, 1.82) is 0 Å². The van der Waals surface area contributed by atoms with Gasteiger partial charge in [-0.25, -0.2) is 0 Å². The first-order valence-corrected chi connectivity index (χ1v) is 9.66. The molecule has 1 heterocycles. The highest BCUT2D eigenvalue weighted by atomic mass is 35.5. The number of carboxylic acids is 1. The Labute approximate surface area is 170 Å². The molecule has 0 bridgehead atoms. The third-order valence-electron chi connectivity index (χ3n) is 4.10. The van der Waals surface area contributed by atoms with Gasteiger partial charge < -0.3 is 10.4 Å². The van der Waals surface area contributed by atoms with Crippen LogP contribution < -0.4 is 10.9 Å². The molecular formula is C20H17ClN2O4S. The van der Waals surface area contributed by atoms with Crippen LogP contribution in [0, 0.1) is 0 Å². The summed E-state index contributed by atoms with van der Waals surface area (Å²) in [6.07, 6.45) is 0.133. The van der Waals surface area contributed by atoms with E-state index in [1.54, 1.807) is 6.07 Å². The quantitative estimate of drug-likeness (QED) is 0.548. The molecule has 0 aliphatic heterocycles. The molecule has 0 aliphatic carbocycles. The third-order valence-corrected chi connectivity index (χ3v) is 5.16. The van der Waals surface area contributed by atoms with Crippen molar-refractivity contribution in [2.75, 3.05) is 0 Å². The molecular weight excluding hydrogens is 400 g/mol. The minimum absolute atomic E-state index is 0.219. The Morgan fingerprint density at radius 2 is 1.86 bits per heavy atom. The standard InChI is InChI=1S/C20H17ClN2O4S/c21-15-3-1-2-14(9-15)13-6-4-12(5-7-13)8-16(10-19(25)26)22-20(27)17-11-18(24)23-28-17/h1-7,9,11,16H,8,10H2,(H,22,27)(H,23,24)(H,25,26). The van der Waals surface area contributed by atoms with Gasteiger partial charge in [-0.1, -0.05) is 59.5 Å². The summed E-state index contributed by atoms with van der Waals surface area (Å²) in [7, 11) is 0. The molecule has 6 nitrogen and oxygen atoms in total. The molecule has 1 unspecified atom stereocenters. The Bertz CT molecular complexity index is 1040. The van der Waals surface area contributed by atoms with Crippen LogP contribution in [0.15, 0.2) is 59.4 Å². The van der Waals surface area contributed by atoms with Crippen molar-refractivity contribution >= 4 is 35.0 Å². The molecule has 0 saturated carbocycles. The van der Waals surface area contributed by atoms with Gasteiger partial charge in [-0.3, -0.25) is 18.8 Å². The number of carboxylic acid groups (broad SMARTS) is 1. The molecule has 0 aliphatic rings. The molecule has 3 N–H and O–H groups in total. The van der Waals surface area contributed by atoms with Crippen LogP contribution in [0.25, 0.3) is 11.1 Å². The van der Waals surface area contributed by atoms with Crippen LogP contribution in [0.1, 0.15) is 21.7 Å². The Hall–Kier alpha value is -2.90. The highest BCUT2D eigenvalue weighted by Gasteiger charge is 2.19. The van der Waals surface area contributed by atoms with Gasteiger partial charge in [-0.05, 0) is 35.2 Å². The lowest BCUT2D eigenvalue weighted by atomic mass is 9.99. The zero-order valence-corrected chi connectivity index (χ0v) is 16.2. The number of hydrogen-bond donors (Lipinski definition) is 3. The largest absolute Gasteiger partial charge is 0.481 e. The first-order valence-electron chi connectivity index (χ1n) is 8.47. The van der Waals surface area contributed by atoms with Crippen LogP contribution in [0.3, 0.4) is 0 Å². The second kappa shape index (κ2) is 8.86. The lowest BCUT2D eigenvalue weighted by Gasteiger charge is -2.17. The minimum Gasteiger partial charge on any atom is -0.481 e. The van der Waals surface area contributed by atoms with Crippen molar-refractivity contribution in [2.24, 2.45) is 0 Å². The lowest BCUT2D eigenvalue weighted by molar-refractivity contribution is -0.137. The number of rotatable bonds is 7. The first-order chi connectivity index (χ1) is 13.4. The van der Waals surface area contributed by atoms with Gasteiger partial charge in [0, 0.05) is 17.1 Å². The second-order valence-electron chi connectivity index (χ2n) is 6.26. The summed E-state index contributed by atoms with van der Waals surface area (Å²) in [5, 5.41) is 12.5. The maximum Gasteiger partial charge on any atom is 0.305 e. The van der Waals surface area contributed by atoms with Crippen LogP contribution in [-0.4, -0.2) is 27.4 Å². The number of hydrogen-bond acceptors (Lipinski definition) is 4. The number of carbonyl (C=O) groups is 2. The van der Waals surface area contributed by atoms with Gasteiger partial charge in [-0.15, -0.1) is 0 Å². The number of H-pyrrole nitrogens is 1. The average molecular weight is 417 g/mol. The van der Waals surface area contributed by atoms with Crippen molar-refractivity contribution in [1.82, 2.24) is 9.69 Å². The van der Waals surface area contributed by atoms with E-state index < -0.39 is 17.9 Å². The fourth-order valence-corrected chi connectivity index (χ4v) is 3.60. The molecule has 144 valence electrons. The molecule has 8 heteroatoms. The second-order valence-corrected chi connectivity index (χ2v) is 7.54. The van der Waals surface area contributed by atoms with Gasteiger partial charge >= 0.3 is 5.97 Å².